The van der Waals surface area contributed by atoms with Crippen molar-refractivity contribution in [1.82, 2.24) is 0 Å². The molecule has 0 bridgehead atoms. The lowest BCUT2D eigenvalue weighted by Crippen LogP contribution is -2.10. The number of ether oxygens (including phenoxy) is 2. The number of hydrogen-bond acceptors (Lipinski definition) is 3. The average molecular weight is 245 g/mol. The van der Waals surface area contributed by atoms with E-state index >= 15 is 0 Å². The second kappa shape index (κ2) is 6.38. The van der Waals surface area contributed by atoms with Crippen LogP contribution in [0.25, 0.3) is 10.8 Å². The van der Waals surface area contributed by atoms with Crippen LogP contribution in [-0.2, 0) is 11.2 Å². The van der Waals surface area contributed by atoms with Crippen LogP contribution >= 0.6 is 0 Å². The Hall–Kier alpha value is -1.58. The van der Waals surface area contributed by atoms with Crippen LogP contribution < -0.4 is 10.5 Å². The molecule has 0 aromatic heterocycles. The summed E-state index contributed by atoms with van der Waals surface area (Å²) >= 11 is 0. The van der Waals surface area contributed by atoms with Gasteiger partial charge in [-0.1, -0.05) is 30.3 Å². The maximum Gasteiger partial charge on any atom is 0.126 e. The smallest absolute Gasteiger partial charge is 0.126 e. The Kier molecular flexibility index (Phi) is 4.56. The van der Waals surface area contributed by atoms with Crippen LogP contribution in [0.15, 0.2) is 36.4 Å². The second-order valence-electron chi connectivity index (χ2n) is 4.12. The van der Waals surface area contributed by atoms with Crippen molar-refractivity contribution in [1.29, 1.82) is 0 Å². The van der Waals surface area contributed by atoms with Crippen LogP contribution in [0, 0.1) is 0 Å². The summed E-state index contributed by atoms with van der Waals surface area (Å²) in [4.78, 5) is 0. The quantitative estimate of drug-likeness (QED) is 0.795. The van der Waals surface area contributed by atoms with Crippen molar-refractivity contribution in [2.75, 3.05) is 26.9 Å². The van der Waals surface area contributed by atoms with Gasteiger partial charge in [0.15, 0.2) is 0 Å². The third-order valence-corrected chi connectivity index (χ3v) is 2.97. The molecule has 2 N–H and O–H groups in total. The first kappa shape index (κ1) is 12.9. The molecule has 0 heterocycles. The first-order chi connectivity index (χ1) is 8.86. The first-order valence-electron chi connectivity index (χ1n) is 6.19. The predicted octanol–water partition coefficient (Wildman–Crippen LogP) is 2.37. The van der Waals surface area contributed by atoms with Gasteiger partial charge in [-0.3, -0.25) is 0 Å². The Labute approximate surface area is 108 Å². The molecule has 3 nitrogen and oxygen atoms in total. The lowest BCUT2D eigenvalue weighted by molar-refractivity contribution is 0.145. The molecular formula is C15H19NO2. The predicted molar refractivity (Wildman–Crippen MR) is 74.1 cm³/mol. The molecule has 0 saturated carbocycles. The van der Waals surface area contributed by atoms with E-state index < -0.39 is 0 Å². The fourth-order valence-electron chi connectivity index (χ4n) is 2.10. The molecule has 0 atom stereocenters. The van der Waals surface area contributed by atoms with Gasteiger partial charge in [0, 0.05) is 11.9 Å². The van der Waals surface area contributed by atoms with Crippen molar-refractivity contribution in [3.05, 3.63) is 42.0 Å². The summed E-state index contributed by atoms with van der Waals surface area (Å²) in [6, 6.07) is 12.4. The molecule has 0 radical (unpaired) electrons. The minimum atomic E-state index is 0.573. The largest absolute Gasteiger partial charge is 0.496 e. The molecule has 0 aliphatic rings. The van der Waals surface area contributed by atoms with E-state index in [9.17, 15) is 0 Å². The lowest BCUT2D eigenvalue weighted by Gasteiger charge is -2.10. The second-order valence-corrected chi connectivity index (χ2v) is 4.12. The van der Waals surface area contributed by atoms with Crippen molar-refractivity contribution in [3.8, 4) is 5.75 Å². The number of benzene rings is 2. The van der Waals surface area contributed by atoms with Gasteiger partial charge in [0.2, 0.25) is 0 Å². The topological polar surface area (TPSA) is 44.5 Å². The Morgan fingerprint density at radius 3 is 2.50 bits per heavy atom. The van der Waals surface area contributed by atoms with Gasteiger partial charge >= 0.3 is 0 Å². The zero-order valence-corrected chi connectivity index (χ0v) is 10.7. The maximum atomic E-state index is 5.44. The Morgan fingerprint density at radius 2 is 1.78 bits per heavy atom. The third kappa shape index (κ3) is 2.81. The van der Waals surface area contributed by atoms with Crippen LogP contribution in [0.5, 0.6) is 5.75 Å². The minimum absolute atomic E-state index is 0.573. The molecule has 0 aliphatic heterocycles. The molecule has 0 aliphatic carbocycles. The first-order valence-corrected chi connectivity index (χ1v) is 6.19. The van der Waals surface area contributed by atoms with E-state index in [1.165, 1.54) is 10.9 Å². The van der Waals surface area contributed by atoms with Crippen molar-refractivity contribution >= 4 is 10.8 Å². The monoisotopic (exact) mass is 245 g/mol. The van der Waals surface area contributed by atoms with Gasteiger partial charge in [-0.25, -0.2) is 0 Å². The standard InChI is InChI=1S/C15H19NO2/c1-17-15-7-6-12(8-10-18-11-9-16)13-4-2-3-5-14(13)15/h2-7H,8-11,16H2,1H3. The number of hydrogen-bond donors (Lipinski definition) is 1. The van der Waals surface area contributed by atoms with Crippen molar-refractivity contribution in [3.63, 3.8) is 0 Å². The van der Waals surface area contributed by atoms with Crippen LogP contribution in [-0.4, -0.2) is 26.9 Å². The molecule has 0 spiro atoms. The van der Waals surface area contributed by atoms with Crippen LogP contribution in [0.4, 0.5) is 0 Å². The summed E-state index contributed by atoms with van der Waals surface area (Å²) < 4.78 is 10.8. The summed E-state index contributed by atoms with van der Waals surface area (Å²) in [6.45, 7) is 1.89. The number of rotatable bonds is 6. The molecule has 0 saturated heterocycles. The SMILES string of the molecule is COc1ccc(CCOCCN)c2ccccc12. The third-order valence-electron chi connectivity index (χ3n) is 2.97. The molecule has 2 aromatic rings. The molecule has 18 heavy (non-hydrogen) atoms. The van der Waals surface area contributed by atoms with E-state index in [0.717, 1.165) is 17.6 Å². The van der Waals surface area contributed by atoms with Crippen LogP contribution in [0.3, 0.4) is 0 Å². The molecule has 3 heteroatoms. The van der Waals surface area contributed by atoms with Crippen LogP contribution in [0.2, 0.25) is 0 Å². The normalized spacial score (nSPS) is 10.8. The Bertz CT molecular complexity index is 511. The Balaban J connectivity index is 2.23. The number of methoxy groups -OCH3 is 1. The van der Waals surface area contributed by atoms with E-state index in [2.05, 4.69) is 18.2 Å². The summed E-state index contributed by atoms with van der Waals surface area (Å²) in [5, 5.41) is 2.38. The fraction of sp³-hybridized carbons (Fsp3) is 0.333. The van der Waals surface area contributed by atoms with Gasteiger partial charge in [-0.15, -0.1) is 0 Å². The summed E-state index contributed by atoms with van der Waals surface area (Å²) in [5.41, 5.74) is 6.68. The fourth-order valence-corrected chi connectivity index (χ4v) is 2.10. The molecule has 0 fully saturated rings. The van der Waals surface area contributed by atoms with E-state index in [0.29, 0.717) is 19.8 Å². The lowest BCUT2D eigenvalue weighted by atomic mass is 10.0. The van der Waals surface area contributed by atoms with Crippen molar-refractivity contribution in [2.24, 2.45) is 5.73 Å². The molecule has 96 valence electrons. The van der Waals surface area contributed by atoms with E-state index in [-0.39, 0.29) is 0 Å². The molecule has 0 amide bonds. The van der Waals surface area contributed by atoms with Crippen molar-refractivity contribution < 1.29 is 9.47 Å². The minimum Gasteiger partial charge on any atom is -0.496 e. The average Bonchev–Trinajstić information content (AvgIpc) is 2.43. The van der Waals surface area contributed by atoms with E-state index in [1.54, 1.807) is 7.11 Å². The zero-order valence-electron chi connectivity index (χ0n) is 10.7. The molecule has 0 unspecified atom stereocenters. The molecule has 2 rings (SSSR count). The molecule has 2 aromatic carbocycles. The summed E-state index contributed by atoms with van der Waals surface area (Å²) in [6.07, 6.45) is 0.893. The van der Waals surface area contributed by atoms with Crippen molar-refractivity contribution in [2.45, 2.75) is 6.42 Å². The van der Waals surface area contributed by atoms with Gasteiger partial charge in [0.25, 0.3) is 0 Å². The Morgan fingerprint density at radius 1 is 1.00 bits per heavy atom. The number of nitrogens with two attached hydrogens (primary N) is 1. The van der Waals surface area contributed by atoms with E-state index in [4.69, 9.17) is 15.2 Å². The summed E-state index contributed by atoms with van der Waals surface area (Å²) in [5.74, 6) is 0.914. The highest BCUT2D eigenvalue weighted by atomic mass is 16.5. The molecular weight excluding hydrogens is 226 g/mol. The number of fused-ring (bicyclic) bond motifs is 1. The van der Waals surface area contributed by atoms with Gasteiger partial charge in [0.05, 0.1) is 20.3 Å². The van der Waals surface area contributed by atoms with Gasteiger partial charge in [-0.2, -0.15) is 0 Å². The van der Waals surface area contributed by atoms with Crippen LogP contribution in [0.1, 0.15) is 5.56 Å². The zero-order chi connectivity index (χ0) is 12.8. The summed E-state index contributed by atoms with van der Waals surface area (Å²) in [7, 11) is 1.70. The highest BCUT2D eigenvalue weighted by Gasteiger charge is 2.05. The van der Waals surface area contributed by atoms with Gasteiger partial charge in [0.1, 0.15) is 5.75 Å². The highest BCUT2D eigenvalue weighted by Crippen LogP contribution is 2.28. The maximum absolute atomic E-state index is 5.44. The van der Waals surface area contributed by atoms with E-state index in [1.807, 2.05) is 18.2 Å². The van der Waals surface area contributed by atoms with Gasteiger partial charge < -0.3 is 15.2 Å². The van der Waals surface area contributed by atoms with Gasteiger partial charge in [-0.05, 0) is 23.4 Å². The highest BCUT2D eigenvalue weighted by molar-refractivity contribution is 5.91.